The number of aromatic amines is 1. The van der Waals surface area contributed by atoms with Crippen LogP contribution in [0.1, 0.15) is 21.3 Å². The van der Waals surface area contributed by atoms with Crippen molar-refractivity contribution in [2.24, 2.45) is 0 Å². The molecule has 1 amide bonds. The molecule has 0 aliphatic carbocycles. The fourth-order valence-corrected chi connectivity index (χ4v) is 3.29. The number of amides is 1. The van der Waals surface area contributed by atoms with Crippen molar-refractivity contribution in [3.63, 3.8) is 0 Å². The Hall–Kier alpha value is -2.58. The summed E-state index contributed by atoms with van der Waals surface area (Å²) in [7, 11) is 4.02. The molecule has 124 valence electrons. The van der Waals surface area contributed by atoms with Gasteiger partial charge in [-0.05, 0) is 42.9 Å². The van der Waals surface area contributed by atoms with Gasteiger partial charge in [-0.25, -0.2) is 0 Å². The van der Waals surface area contributed by atoms with Crippen LogP contribution in [0.5, 0.6) is 0 Å². The molecule has 7 nitrogen and oxygen atoms in total. The third kappa shape index (κ3) is 3.66. The first-order valence-corrected chi connectivity index (χ1v) is 8.35. The van der Waals surface area contributed by atoms with Crippen LogP contribution in [0.4, 0.5) is 0 Å². The monoisotopic (exact) mass is 342 g/mol. The van der Waals surface area contributed by atoms with Gasteiger partial charge in [-0.3, -0.25) is 4.79 Å². The molecule has 3 aromatic rings. The minimum absolute atomic E-state index is 0.0990. The van der Waals surface area contributed by atoms with Crippen LogP contribution in [0, 0.1) is 0 Å². The zero-order chi connectivity index (χ0) is 16.9. The number of rotatable bonds is 6. The van der Waals surface area contributed by atoms with Gasteiger partial charge in [0.25, 0.3) is 5.91 Å². The second kappa shape index (κ2) is 7.33. The number of thiophene rings is 1. The van der Waals surface area contributed by atoms with Gasteiger partial charge in [-0.1, -0.05) is 18.2 Å². The summed E-state index contributed by atoms with van der Waals surface area (Å²) < 4.78 is 0. The topological polar surface area (TPSA) is 86.8 Å². The summed E-state index contributed by atoms with van der Waals surface area (Å²) >= 11 is 1.69. The molecule has 0 aliphatic heterocycles. The Morgan fingerprint density at radius 3 is 2.67 bits per heavy atom. The third-order valence-corrected chi connectivity index (χ3v) is 4.68. The molecule has 1 aromatic carbocycles. The van der Waals surface area contributed by atoms with Crippen LogP contribution < -0.4 is 5.32 Å². The predicted octanol–water partition coefficient (Wildman–Crippen LogP) is 1.96. The van der Waals surface area contributed by atoms with Gasteiger partial charge in [-0.2, -0.15) is 5.21 Å². The highest BCUT2D eigenvalue weighted by atomic mass is 32.1. The second-order valence-electron chi connectivity index (χ2n) is 5.52. The van der Waals surface area contributed by atoms with E-state index in [-0.39, 0.29) is 11.9 Å². The van der Waals surface area contributed by atoms with Crippen molar-refractivity contribution < 1.29 is 4.79 Å². The van der Waals surface area contributed by atoms with E-state index in [2.05, 4.69) is 36.9 Å². The van der Waals surface area contributed by atoms with Crippen LogP contribution in [-0.2, 0) is 0 Å². The van der Waals surface area contributed by atoms with Gasteiger partial charge in [0, 0.05) is 22.5 Å². The number of nitrogens with zero attached hydrogens (tertiary/aromatic N) is 4. The van der Waals surface area contributed by atoms with E-state index in [9.17, 15) is 4.79 Å². The van der Waals surface area contributed by atoms with Gasteiger partial charge >= 0.3 is 0 Å². The zero-order valence-corrected chi connectivity index (χ0v) is 14.2. The van der Waals surface area contributed by atoms with Crippen LogP contribution in [-0.4, -0.2) is 52.1 Å². The molecule has 24 heavy (non-hydrogen) atoms. The molecule has 0 aliphatic rings. The average Bonchev–Trinajstić information content (AvgIpc) is 3.28. The smallest absolute Gasteiger partial charge is 0.251 e. The first-order valence-electron chi connectivity index (χ1n) is 7.47. The normalized spacial score (nSPS) is 12.3. The Labute approximate surface area is 143 Å². The number of hydrogen-bond donors (Lipinski definition) is 2. The Morgan fingerprint density at radius 2 is 2.08 bits per heavy atom. The number of tetrazole rings is 1. The first kappa shape index (κ1) is 16.3. The molecule has 2 aromatic heterocycles. The molecule has 0 bridgehead atoms. The molecule has 8 heteroatoms. The minimum atomic E-state index is -0.0990. The highest BCUT2D eigenvalue weighted by molar-refractivity contribution is 7.10. The predicted molar refractivity (Wildman–Crippen MR) is 92.7 cm³/mol. The highest BCUT2D eigenvalue weighted by Crippen LogP contribution is 2.22. The summed E-state index contributed by atoms with van der Waals surface area (Å²) in [4.78, 5) is 15.7. The summed E-state index contributed by atoms with van der Waals surface area (Å²) in [5, 5.41) is 18.8. The van der Waals surface area contributed by atoms with Crippen molar-refractivity contribution in [2.45, 2.75) is 6.04 Å². The molecule has 0 saturated heterocycles. The Kier molecular flexibility index (Phi) is 4.97. The van der Waals surface area contributed by atoms with E-state index in [1.54, 1.807) is 23.5 Å². The second-order valence-corrected chi connectivity index (χ2v) is 6.50. The van der Waals surface area contributed by atoms with Gasteiger partial charge < -0.3 is 10.2 Å². The maximum atomic E-state index is 12.4. The number of nitrogens with one attached hydrogen (secondary N) is 2. The van der Waals surface area contributed by atoms with E-state index in [1.165, 1.54) is 4.88 Å². The van der Waals surface area contributed by atoms with Gasteiger partial charge in [-0.15, -0.1) is 21.5 Å². The average molecular weight is 342 g/mol. The van der Waals surface area contributed by atoms with Crippen LogP contribution in [0.3, 0.4) is 0 Å². The summed E-state index contributed by atoms with van der Waals surface area (Å²) in [6.45, 7) is 0.555. The number of carbonyl (C=O) groups excluding carboxylic acids is 1. The quantitative estimate of drug-likeness (QED) is 0.715. The molecular formula is C16H18N6OS. The summed E-state index contributed by atoms with van der Waals surface area (Å²) in [5.41, 5.74) is 1.41. The number of H-pyrrole nitrogens is 1. The van der Waals surface area contributed by atoms with Crippen molar-refractivity contribution in [3.8, 4) is 11.4 Å². The van der Waals surface area contributed by atoms with Crippen molar-refractivity contribution in [3.05, 3.63) is 52.2 Å². The van der Waals surface area contributed by atoms with Crippen LogP contribution in [0.25, 0.3) is 11.4 Å². The molecule has 1 atom stereocenters. The van der Waals surface area contributed by atoms with E-state index in [0.717, 1.165) is 5.56 Å². The molecule has 0 spiro atoms. The van der Waals surface area contributed by atoms with Crippen molar-refractivity contribution in [2.75, 3.05) is 20.6 Å². The van der Waals surface area contributed by atoms with Crippen molar-refractivity contribution in [1.82, 2.24) is 30.8 Å². The van der Waals surface area contributed by atoms with Gasteiger partial charge in [0.1, 0.15) is 0 Å². The van der Waals surface area contributed by atoms with Gasteiger partial charge in [0.15, 0.2) is 0 Å². The van der Waals surface area contributed by atoms with Gasteiger partial charge in [0.2, 0.25) is 5.82 Å². The number of hydrogen-bond acceptors (Lipinski definition) is 6. The molecule has 3 rings (SSSR count). The standard InChI is InChI=1S/C16H18N6OS/c1-22(2)13(14-4-3-9-24-14)10-17-16(23)12-7-5-11(6-8-12)15-18-20-21-19-15/h3-9,13H,10H2,1-2H3,(H,17,23)(H,18,19,20,21)/t13-/m1/s1. The van der Waals surface area contributed by atoms with E-state index >= 15 is 0 Å². The van der Waals surface area contributed by atoms with E-state index in [4.69, 9.17) is 0 Å². The highest BCUT2D eigenvalue weighted by Gasteiger charge is 2.16. The number of benzene rings is 1. The fraction of sp³-hybridized carbons (Fsp3) is 0.250. The third-order valence-electron chi connectivity index (χ3n) is 3.70. The van der Waals surface area contributed by atoms with Crippen LogP contribution in [0.2, 0.25) is 0 Å². The zero-order valence-electron chi connectivity index (χ0n) is 13.4. The minimum Gasteiger partial charge on any atom is -0.350 e. The molecule has 2 heterocycles. The van der Waals surface area contributed by atoms with Crippen LogP contribution in [0.15, 0.2) is 41.8 Å². The lowest BCUT2D eigenvalue weighted by Gasteiger charge is -2.23. The fourth-order valence-electron chi connectivity index (χ4n) is 2.36. The number of likely N-dealkylation sites (N-methyl/N-ethyl adjacent to an activating group) is 1. The number of aromatic nitrogens is 4. The van der Waals surface area contributed by atoms with E-state index in [1.807, 2.05) is 37.7 Å². The molecule has 0 fully saturated rings. The molecule has 0 saturated carbocycles. The first-order chi connectivity index (χ1) is 11.6. The largest absolute Gasteiger partial charge is 0.350 e. The summed E-state index contributed by atoms with van der Waals surface area (Å²) in [6.07, 6.45) is 0. The van der Waals surface area contributed by atoms with Crippen molar-refractivity contribution in [1.29, 1.82) is 0 Å². The maximum absolute atomic E-state index is 12.4. The van der Waals surface area contributed by atoms with E-state index in [0.29, 0.717) is 17.9 Å². The van der Waals surface area contributed by atoms with E-state index < -0.39 is 0 Å². The number of carbonyl (C=O) groups is 1. The molecule has 2 N–H and O–H groups in total. The molecule has 0 unspecified atom stereocenters. The Bertz CT molecular complexity index is 768. The molecule has 0 radical (unpaired) electrons. The SMILES string of the molecule is CN(C)[C@H](CNC(=O)c1ccc(-c2nn[nH]n2)cc1)c1cccs1. The summed E-state index contributed by atoms with van der Waals surface area (Å²) in [6, 6.07) is 11.4. The summed E-state index contributed by atoms with van der Waals surface area (Å²) in [5.74, 6) is 0.408. The maximum Gasteiger partial charge on any atom is 0.251 e. The Balaban J connectivity index is 1.64. The lowest BCUT2D eigenvalue weighted by molar-refractivity contribution is 0.0942. The van der Waals surface area contributed by atoms with Crippen molar-refractivity contribution >= 4 is 17.2 Å². The molecular weight excluding hydrogens is 324 g/mol. The lowest BCUT2D eigenvalue weighted by atomic mass is 10.1. The Morgan fingerprint density at radius 1 is 1.29 bits per heavy atom. The van der Waals surface area contributed by atoms with Gasteiger partial charge in [0.05, 0.1) is 6.04 Å². The van der Waals surface area contributed by atoms with Crippen LogP contribution >= 0.6 is 11.3 Å². The lowest BCUT2D eigenvalue weighted by Crippen LogP contribution is -2.34.